The first-order chi connectivity index (χ1) is 9.51. The fourth-order valence-electron chi connectivity index (χ4n) is 3.51. The largest absolute Gasteiger partial charge is 0.364 e. The van der Waals surface area contributed by atoms with Crippen LogP contribution in [0, 0.1) is 15.4 Å². The van der Waals surface area contributed by atoms with Crippen LogP contribution in [0.4, 0.5) is 5.69 Å². The first kappa shape index (κ1) is 14.6. The third kappa shape index (κ3) is 2.71. The van der Waals surface area contributed by atoms with Crippen LogP contribution in [0.3, 0.4) is 0 Å². The highest BCUT2D eigenvalue weighted by molar-refractivity contribution is 14.1. The maximum Gasteiger partial charge on any atom is 0.0505 e. The Balaban J connectivity index is 1.91. The van der Waals surface area contributed by atoms with Crippen molar-refractivity contribution in [3.05, 3.63) is 27.8 Å². The van der Waals surface area contributed by atoms with Crippen LogP contribution < -0.4 is 10.2 Å². The highest BCUT2D eigenvalue weighted by atomic mass is 127. The van der Waals surface area contributed by atoms with E-state index in [0.717, 1.165) is 19.0 Å². The number of nitrogens with zero attached hydrogens (tertiary/aromatic N) is 1. The molecule has 3 heteroatoms. The number of nitrogens with one attached hydrogen (secondary N) is 1. The summed E-state index contributed by atoms with van der Waals surface area (Å²) in [7, 11) is 0. The lowest BCUT2D eigenvalue weighted by Gasteiger charge is -2.49. The fraction of sp³-hybridized carbons (Fsp3) is 0.647. The highest BCUT2D eigenvalue weighted by Gasteiger charge is 2.46. The minimum absolute atomic E-state index is 0.296. The molecule has 1 saturated carbocycles. The van der Waals surface area contributed by atoms with E-state index in [4.69, 9.17) is 0 Å². The summed E-state index contributed by atoms with van der Waals surface area (Å²) in [6.07, 6.45) is 2.80. The second-order valence-electron chi connectivity index (χ2n) is 6.96. The van der Waals surface area contributed by atoms with E-state index in [2.05, 4.69) is 77.8 Å². The molecule has 2 unspecified atom stereocenters. The second kappa shape index (κ2) is 5.48. The predicted octanol–water partition coefficient (Wildman–Crippen LogP) is 3.89. The molecule has 0 bridgehead atoms. The molecule has 0 spiro atoms. The Labute approximate surface area is 136 Å². The van der Waals surface area contributed by atoms with Crippen molar-refractivity contribution in [3.8, 4) is 0 Å². The van der Waals surface area contributed by atoms with Gasteiger partial charge in [-0.3, -0.25) is 0 Å². The van der Waals surface area contributed by atoms with Gasteiger partial charge in [0.25, 0.3) is 0 Å². The number of hydrogen-bond donors (Lipinski definition) is 1. The molecular weight excluding hydrogens is 359 g/mol. The second-order valence-corrected chi connectivity index (χ2v) is 8.13. The molecule has 1 saturated heterocycles. The number of para-hydroxylation sites is 1. The van der Waals surface area contributed by atoms with Gasteiger partial charge in [0.15, 0.2) is 0 Å². The number of benzene rings is 1. The smallest absolute Gasteiger partial charge is 0.0505 e. The minimum atomic E-state index is 0.296. The van der Waals surface area contributed by atoms with Crippen molar-refractivity contribution in [3.63, 3.8) is 0 Å². The molecule has 0 amide bonds. The molecule has 110 valence electrons. The van der Waals surface area contributed by atoms with E-state index in [1.807, 2.05) is 0 Å². The number of hydrogen-bond acceptors (Lipinski definition) is 2. The van der Waals surface area contributed by atoms with Gasteiger partial charge >= 0.3 is 0 Å². The molecule has 2 nitrogen and oxygen atoms in total. The Hall–Kier alpha value is -0.290. The van der Waals surface area contributed by atoms with Gasteiger partial charge in [0.05, 0.1) is 5.69 Å². The van der Waals surface area contributed by atoms with E-state index in [0.29, 0.717) is 17.5 Å². The molecule has 3 rings (SSSR count). The van der Waals surface area contributed by atoms with Gasteiger partial charge in [-0.15, -0.1) is 0 Å². The van der Waals surface area contributed by atoms with Gasteiger partial charge < -0.3 is 10.2 Å². The fourth-order valence-corrected chi connectivity index (χ4v) is 4.21. The van der Waals surface area contributed by atoms with Crippen LogP contribution in [0.1, 0.15) is 33.6 Å². The topological polar surface area (TPSA) is 15.3 Å². The average molecular weight is 384 g/mol. The summed E-state index contributed by atoms with van der Waals surface area (Å²) in [5.41, 5.74) is 1.71. The van der Waals surface area contributed by atoms with Gasteiger partial charge in [-0.2, -0.15) is 0 Å². The van der Waals surface area contributed by atoms with E-state index >= 15 is 0 Å². The summed E-state index contributed by atoms with van der Waals surface area (Å²) < 4.78 is 1.37. The minimum Gasteiger partial charge on any atom is -0.364 e. The maximum atomic E-state index is 3.86. The van der Waals surface area contributed by atoms with Gasteiger partial charge in [0.2, 0.25) is 0 Å². The molecule has 0 aromatic heterocycles. The van der Waals surface area contributed by atoms with Gasteiger partial charge in [-0.25, -0.2) is 0 Å². The van der Waals surface area contributed by atoms with Crippen molar-refractivity contribution in [1.82, 2.24) is 5.32 Å². The molecule has 2 atom stereocenters. The molecule has 1 aliphatic carbocycles. The van der Waals surface area contributed by atoms with Crippen LogP contribution in [0.25, 0.3) is 0 Å². The summed E-state index contributed by atoms with van der Waals surface area (Å²) in [6.45, 7) is 9.35. The molecule has 2 fully saturated rings. The summed E-state index contributed by atoms with van der Waals surface area (Å²) in [5, 5.41) is 3.86. The average Bonchev–Trinajstić information content (AvgIpc) is 3.23. The lowest BCUT2D eigenvalue weighted by Crippen LogP contribution is -2.65. The molecule has 0 radical (unpaired) electrons. The Kier molecular flexibility index (Phi) is 4.01. The number of piperazine rings is 1. The SMILES string of the molecule is CC(C)C1CNC(C)(C2CC2)CN1c1ccccc1I. The first-order valence-electron chi connectivity index (χ1n) is 7.77. The maximum absolute atomic E-state index is 3.86. The Bertz CT molecular complexity index is 484. The zero-order chi connectivity index (χ0) is 14.3. The van der Waals surface area contributed by atoms with E-state index in [1.54, 1.807) is 0 Å². The molecule has 1 N–H and O–H groups in total. The van der Waals surface area contributed by atoms with E-state index in [-0.39, 0.29) is 0 Å². The van der Waals surface area contributed by atoms with Crippen molar-refractivity contribution in [1.29, 1.82) is 0 Å². The summed E-state index contributed by atoms with van der Waals surface area (Å²) in [5.74, 6) is 1.54. The van der Waals surface area contributed by atoms with Crippen molar-refractivity contribution in [2.45, 2.75) is 45.2 Å². The molecule has 2 aliphatic rings. The van der Waals surface area contributed by atoms with Crippen molar-refractivity contribution in [2.24, 2.45) is 11.8 Å². The molecule has 1 aliphatic heterocycles. The quantitative estimate of drug-likeness (QED) is 0.796. The molecule has 1 aromatic carbocycles. The zero-order valence-electron chi connectivity index (χ0n) is 12.7. The lowest BCUT2D eigenvalue weighted by atomic mass is 9.87. The Morgan fingerprint density at radius 1 is 1.30 bits per heavy atom. The van der Waals surface area contributed by atoms with Crippen LogP contribution in [-0.2, 0) is 0 Å². The predicted molar refractivity (Wildman–Crippen MR) is 94.3 cm³/mol. The van der Waals surface area contributed by atoms with Crippen molar-refractivity contribution in [2.75, 3.05) is 18.0 Å². The van der Waals surface area contributed by atoms with Crippen LogP contribution in [0.2, 0.25) is 0 Å². The van der Waals surface area contributed by atoms with Crippen LogP contribution in [0.5, 0.6) is 0 Å². The van der Waals surface area contributed by atoms with Gasteiger partial charge in [-0.1, -0.05) is 26.0 Å². The third-order valence-corrected chi connectivity index (χ3v) is 5.94. The normalized spacial score (nSPS) is 30.9. The molecule has 1 aromatic rings. The monoisotopic (exact) mass is 384 g/mol. The van der Waals surface area contributed by atoms with Crippen LogP contribution in [-0.4, -0.2) is 24.7 Å². The van der Waals surface area contributed by atoms with E-state index in [1.165, 1.54) is 22.1 Å². The summed E-state index contributed by atoms with van der Waals surface area (Å²) >= 11 is 2.48. The summed E-state index contributed by atoms with van der Waals surface area (Å²) in [4.78, 5) is 2.67. The Morgan fingerprint density at radius 3 is 2.60 bits per heavy atom. The lowest BCUT2D eigenvalue weighted by molar-refractivity contribution is 0.233. The zero-order valence-corrected chi connectivity index (χ0v) is 14.9. The first-order valence-corrected chi connectivity index (χ1v) is 8.85. The van der Waals surface area contributed by atoms with E-state index in [9.17, 15) is 0 Å². The van der Waals surface area contributed by atoms with Crippen LogP contribution in [0.15, 0.2) is 24.3 Å². The van der Waals surface area contributed by atoms with Gasteiger partial charge in [0, 0.05) is 28.2 Å². The molecule has 1 heterocycles. The van der Waals surface area contributed by atoms with E-state index < -0.39 is 0 Å². The van der Waals surface area contributed by atoms with Crippen molar-refractivity contribution < 1.29 is 0 Å². The number of halogens is 1. The molecule has 20 heavy (non-hydrogen) atoms. The number of rotatable bonds is 3. The number of anilines is 1. The standard InChI is InChI=1S/C17H25IN2/c1-12(2)16-10-19-17(3,13-8-9-13)11-20(16)15-7-5-4-6-14(15)18/h4-7,12-13,16,19H,8-11H2,1-3H3. The van der Waals surface area contributed by atoms with Crippen molar-refractivity contribution >= 4 is 28.3 Å². The molecular formula is C17H25IN2. The Morgan fingerprint density at radius 2 is 2.00 bits per heavy atom. The third-order valence-electron chi connectivity index (χ3n) is 5.02. The summed E-state index contributed by atoms with van der Waals surface area (Å²) in [6, 6.07) is 9.42. The van der Waals surface area contributed by atoms with Gasteiger partial charge in [-0.05, 0) is 66.3 Å². The van der Waals surface area contributed by atoms with Crippen LogP contribution >= 0.6 is 22.6 Å². The van der Waals surface area contributed by atoms with Gasteiger partial charge in [0.1, 0.15) is 0 Å². The highest BCUT2D eigenvalue weighted by Crippen LogP contribution is 2.43.